The minimum absolute atomic E-state index is 0.116. The zero-order valence-electron chi connectivity index (χ0n) is 11.6. The Morgan fingerprint density at radius 3 is 2.85 bits per heavy atom. The standard InChI is InChI=1S/C15H18BrN3O/c1-11-6-7-12(16)15(19-11)20-14(8-10-17-2)13-5-3-4-9-18-13/h3-7,9,14,17H,8,10H2,1-2H3/t14-/m1/s1. The first-order chi connectivity index (χ1) is 9.70. The average molecular weight is 336 g/mol. The highest BCUT2D eigenvalue weighted by molar-refractivity contribution is 9.10. The van der Waals surface area contributed by atoms with E-state index in [-0.39, 0.29) is 6.10 Å². The summed E-state index contributed by atoms with van der Waals surface area (Å²) in [5.74, 6) is 0.608. The van der Waals surface area contributed by atoms with Crippen molar-refractivity contribution in [2.45, 2.75) is 19.4 Å². The van der Waals surface area contributed by atoms with Crippen LogP contribution in [0.3, 0.4) is 0 Å². The molecule has 2 heterocycles. The van der Waals surface area contributed by atoms with E-state index in [9.17, 15) is 0 Å². The van der Waals surface area contributed by atoms with Crippen molar-refractivity contribution >= 4 is 15.9 Å². The van der Waals surface area contributed by atoms with E-state index in [1.54, 1.807) is 6.20 Å². The minimum Gasteiger partial charge on any atom is -0.467 e. The molecule has 106 valence electrons. The molecule has 0 aromatic carbocycles. The second kappa shape index (κ2) is 7.36. The average Bonchev–Trinajstić information content (AvgIpc) is 2.48. The van der Waals surface area contributed by atoms with E-state index in [4.69, 9.17) is 4.74 Å². The third-order valence-electron chi connectivity index (χ3n) is 2.88. The second-order valence-electron chi connectivity index (χ2n) is 4.49. The summed E-state index contributed by atoms with van der Waals surface area (Å²) >= 11 is 3.48. The number of halogens is 1. The number of ether oxygens (including phenoxy) is 1. The summed E-state index contributed by atoms with van der Waals surface area (Å²) in [6, 6.07) is 9.74. The van der Waals surface area contributed by atoms with E-state index < -0.39 is 0 Å². The van der Waals surface area contributed by atoms with Crippen LogP contribution in [0.15, 0.2) is 41.0 Å². The van der Waals surface area contributed by atoms with Crippen molar-refractivity contribution in [2.75, 3.05) is 13.6 Å². The molecule has 0 radical (unpaired) electrons. The number of rotatable bonds is 6. The van der Waals surface area contributed by atoms with Crippen LogP contribution >= 0.6 is 15.9 Å². The molecule has 0 saturated heterocycles. The first-order valence-electron chi connectivity index (χ1n) is 6.56. The van der Waals surface area contributed by atoms with Crippen LogP contribution in [-0.4, -0.2) is 23.6 Å². The highest BCUT2D eigenvalue weighted by atomic mass is 79.9. The largest absolute Gasteiger partial charge is 0.467 e. The molecule has 0 aliphatic rings. The van der Waals surface area contributed by atoms with Gasteiger partial charge >= 0.3 is 0 Å². The second-order valence-corrected chi connectivity index (χ2v) is 5.35. The fourth-order valence-corrected chi connectivity index (χ4v) is 2.16. The van der Waals surface area contributed by atoms with Crippen molar-refractivity contribution < 1.29 is 4.74 Å². The van der Waals surface area contributed by atoms with Gasteiger partial charge in [-0.2, -0.15) is 0 Å². The van der Waals surface area contributed by atoms with Crippen molar-refractivity contribution in [3.63, 3.8) is 0 Å². The molecular formula is C15H18BrN3O. The van der Waals surface area contributed by atoms with E-state index in [2.05, 4.69) is 31.2 Å². The molecule has 0 bridgehead atoms. The maximum atomic E-state index is 6.05. The fraction of sp³-hybridized carbons (Fsp3) is 0.333. The Morgan fingerprint density at radius 1 is 1.30 bits per heavy atom. The summed E-state index contributed by atoms with van der Waals surface area (Å²) in [7, 11) is 1.93. The lowest BCUT2D eigenvalue weighted by atomic mass is 10.1. The highest BCUT2D eigenvalue weighted by Crippen LogP contribution is 2.28. The minimum atomic E-state index is -0.116. The lowest BCUT2D eigenvalue weighted by Crippen LogP contribution is -2.17. The molecule has 0 aliphatic heterocycles. The van der Waals surface area contributed by atoms with Gasteiger partial charge in [-0.25, -0.2) is 4.98 Å². The van der Waals surface area contributed by atoms with Gasteiger partial charge in [0.25, 0.3) is 0 Å². The molecule has 2 aromatic heterocycles. The maximum absolute atomic E-state index is 6.05. The SMILES string of the molecule is CNCC[C@@H](Oc1nc(C)ccc1Br)c1ccccn1. The predicted molar refractivity (Wildman–Crippen MR) is 82.8 cm³/mol. The molecule has 2 rings (SSSR count). The van der Waals surface area contributed by atoms with Gasteiger partial charge in [0.2, 0.25) is 5.88 Å². The summed E-state index contributed by atoms with van der Waals surface area (Å²) in [5, 5.41) is 3.14. The number of aromatic nitrogens is 2. The Hall–Kier alpha value is -1.46. The molecule has 1 atom stereocenters. The van der Waals surface area contributed by atoms with Gasteiger partial charge in [-0.3, -0.25) is 4.98 Å². The maximum Gasteiger partial charge on any atom is 0.228 e. The van der Waals surface area contributed by atoms with Gasteiger partial charge in [0.1, 0.15) is 6.10 Å². The van der Waals surface area contributed by atoms with Crippen LogP contribution in [0.1, 0.15) is 23.9 Å². The van der Waals surface area contributed by atoms with E-state index in [0.717, 1.165) is 28.8 Å². The number of nitrogens with zero attached hydrogens (tertiary/aromatic N) is 2. The normalized spacial score (nSPS) is 12.2. The molecule has 0 saturated carbocycles. The third-order valence-corrected chi connectivity index (χ3v) is 3.48. The summed E-state index contributed by atoms with van der Waals surface area (Å²) < 4.78 is 6.91. The van der Waals surface area contributed by atoms with E-state index >= 15 is 0 Å². The van der Waals surface area contributed by atoms with Crippen LogP contribution in [0.2, 0.25) is 0 Å². The molecule has 0 amide bonds. The monoisotopic (exact) mass is 335 g/mol. The summed E-state index contributed by atoms with van der Waals surface area (Å²) in [6.45, 7) is 2.80. The third kappa shape index (κ3) is 4.02. The highest BCUT2D eigenvalue weighted by Gasteiger charge is 2.16. The van der Waals surface area contributed by atoms with Gasteiger partial charge in [-0.1, -0.05) is 6.07 Å². The zero-order valence-corrected chi connectivity index (χ0v) is 13.2. The molecule has 20 heavy (non-hydrogen) atoms. The zero-order chi connectivity index (χ0) is 14.4. The first kappa shape index (κ1) is 14.9. The van der Waals surface area contributed by atoms with Crippen molar-refractivity contribution in [1.82, 2.24) is 15.3 Å². The van der Waals surface area contributed by atoms with Crippen LogP contribution in [0.4, 0.5) is 0 Å². The number of aryl methyl sites for hydroxylation is 1. The molecular weight excluding hydrogens is 318 g/mol. The summed E-state index contributed by atoms with van der Waals surface area (Å²) in [4.78, 5) is 8.81. The number of hydrogen-bond donors (Lipinski definition) is 1. The van der Waals surface area contributed by atoms with Gasteiger partial charge in [0, 0.05) is 18.3 Å². The smallest absolute Gasteiger partial charge is 0.228 e. The van der Waals surface area contributed by atoms with E-state index in [0.29, 0.717) is 5.88 Å². The van der Waals surface area contributed by atoms with Crippen molar-refractivity contribution in [3.05, 3.63) is 52.4 Å². The van der Waals surface area contributed by atoms with Crippen LogP contribution < -0.4 is 10.1 Å². The number of pyridine rings is 2. The van der Waals surface area contributed by atoms with Crippen molar-refractivity contribution in [3.8, 4) is 5.88 Å². The van der Waals surface area contributed by atoms with Gasteiger partial charge in [0.05, 0.1) is 10.2 Å². The lowest BCUT2D eigenvalue weighted by Gasteiger charge is -2.19. The molecule has 0 unspecified atom stereocenters. The Morgan fingerprint density at radius 2 is 2.15 bits per heavy atom. The molecule has 5 heteroatoms. The molecule has 1 N–H and O–H groups in total. The number of hydrogen-bond acceptors (Lipinski definition) is 4. The molecule has 0 spiro atoms. The van der Waals surface area contributed by atoms with Gasteiger partial charge < -0.3 is 10.1 Å². The molecule has 2 aromatic rings. The Bertz CT molecular complexity index is 548. The quantitative estimate of drug-likeness (QED) is 0.879. The van der Waals surface area contributed by atoms with E-state index in [1.165, 1.54) is 0 Å². The Balaban J connectivity index is 2.21. The lowest BCUT2D eigenvalue weighted by molar-refractivity contribution is 0.180. The summed E-state index contributed by atoms with van der Waals surface area (Å²) in [6.07, 6.45) is 2.49. The summed E-state index contributed by atoms with van der Waals surface area (Å²) in [5.41, 5.74) is 1.84. The molecule has 0 aliphatic carbocycles. The van der Waals surface area contributed by atoms with Crippen LogP contribution in [0.25, 0.3) is 0 Å². The Kier molecular flexibility index (Phi) is 5.49. The van der Waals surface area contributed by atoms with Gasteiger partial charge in [-0.05, 0) is 60.7 Å². The molecule has 4 nitrogen and oxygen atoms in total. The van der Waals surface area contributed by atoms with Gasteiger partial charge in [-0.15, -0.1) is 0 Å². The number of nitrogens with one attached hydrogen (secondary N) is 1. The van der Waals surface area contributed by atoms with E-state index in [1.807, 2.05) is 44.3 Å². The first-order valence-corrected chi connectivity index (χ1v) is 7.35. The van der Waals surface area contributed by atoms with Crippen molar-refractivity contribution in [1.29, 1.82) is 0 Å². The topological polar surface area (TPSA) is 47.0 Å². The van der Waals surface area contributed by atoms with Gasteiger partial charge in [0.15, 0.2) is 0 Å². The predicted octanol–water partition coefficient (Wildman–Crippen LogP) is 3.28. The van der Waals surface area contributed by atoms with Crippen LogP contribution in [0, 0.1) is 6.92 Å². The van der Waals surface area contributed by atoms with Crippen molar-refractivity contribution in [2.24, 2.45) is 0 Å². The van der Waals surface area contributed by atoms with Crippen LogP contribution in [0.5, 0.6) is 5.88 Å². The van der Waals surface area contributed by atoms with Crippen LogP contribution in [-0.2, 0) is 0 Å². The Labute approximate surface area is 127 Å². The molecule has 0 fully saturated rings. The fourth-order valence-electron chi connectivity index (χ4n) is 1.84.